The first-order chi connectivity index (χ1) is 10.8. The summed E-state index contributed by atoms with van der Waals surface area (Å²) in [5.74, 6) is 1.03. The third-order valence-corrected chi connectivity index (χ3v) is 4.13. The molecule has 0 fully saturated rings. The smallest absolute Gasteiger partial charge is 0.340 e. The van der Waals surface area contributed by atoms with Crippen molar-refractivity contribution in [3.8, 4) is 0 Å². The third-order valence-electron chi connectivity index (χ3n) is 3.46. The molecule has 0 amide bonds. The normalized spacial score (nSPS) is 13.8. The van der Waals surface area contributed by atoms with E-state index in [1.54, 1.807) is 4.58 Å². The predicted octanol–water partition coefficient (Wildman–Crippen LogP) is 0.855. The molecule has 8 heteroatoms. The van der Waals surface area contributed by atoms with Gasteiger partial charge in [-0.1, -0.05) is 18.2 Å². The first-order valence-corrected chi connectivity index (χ1v) is 8.70. The van der Waals surface area contributed by atoms with Gasteiger partial charge in [0.25, 0.3) is 0 Å². The van der Waals surface area contributed by atoms with Gasteiger partial charge in [-0.15, -0.1) is 0 Å². The third kappa shape index (κ3) is 3.13. The molecule has 0 saturated heterocycles. The van der Waals surface area contributed by atoms with E-state index in [1.165, 1.54) is 6.33 Å². The van der Waals surface area contributed by atoms with Gasteiger partial charge < -0.3 is 5.73 Å². The van der Waals surface area contributed by atoms with Crippen LogP contribution >= 0.6 is 0 Å². The summed E-state index contributed by atoms with van der Waals surface area (Å²) in [7, 11) is -3.24. The minimum atomic E-state index is -3.24. The number of sulfonamides is 1. The predicted molar refractivity (Wildman–Crippen MR) is 88.7 cm³/mol. The number of nitrogens with zero attached hydrogens (tertiary/aromatic N) is 3. The van der Waals surface area contributed by atoms with Crippen molar-refractivity contribution in [3.63, 3.8) is 0 Å². The van der Waals surface area contributed by atoms with Crippen molar-refractivity contribution < 1.29 is 13.0 Å². The number of hydrogen-bond donors (Lipinski definition) is 2. The van der Waals surface area contributed by atoms with E-state index in [0.29, 0.717) is 11.6 Å². The summed E-state index contributed by atoms with van der Waals surface area (Å²) >= 11 is 0. The molecule has 1 aliphatic heterocycles. The zero-order chi connectivity index (χ0) is 16.6. The lowest BCUT2D eigenvalue weighted by atomic mass is 9.99. The van der Waals surface area contributed by atoms with Crippen LogP contribution in [0.4, 0.5) is 11.6 Å². The average Bonchev–Trinajstić information content (AvgIpc) is 2.84. The summed E-state index contributed by atoms with van der Waals surface area (Å²) in [5, 5.41) is 0. The van der Waals surface area contributed by atoms with Gasteiger partial charge in [-0.25, -0.2) is 17.7 Å². The summed E-state index contributed by atoms with van der Waals surface area (Å²) in [6.07, 6.45) is 4.36. The highest BCUT2D eigenvalue weighted by atomic mass is 32.2. The first-order valence-electron chi connectivity index (χ1n) is 6.81. The summed E-state index contributed by atoms with van der Waals surface area (Å²) < 4.78 is 26.6. The zero-order valence-electron chi connectivity index (χ0n) is 12.5. The van der Waals surface area contributed by atoms with Gasteiger partial charge in [0.15, 0.2) is 0 Å². The summed E-state index contributed by atoms with van der Waals surface area (Å²) in [6.45, 7) is 4.13. The van der Waals surface area contributed by atoms with Crippen molar-refractivity contribution >= 4 is 33.9 Å². The van der Waals surface area contributed by atoms with Crippen LogP contribution < -0.4 is 10.5 Å². The lowest BCUT2D eigenvalue weighted by Gasteiger charge is -2.07. The molecule has 3 N–H and O–H groups in total. The lowest BCUT2D eigenvalue weighted by molar-refractivity contribution is -0.349. The molecule has 118 valence electrons. The number of nitrogens with two attached hydrogens (primary N) is 1. The van der Waals surface area contributed by atoms with Crippen LogP contribution in [0, 0.1) is 0 Å². The highest BCUT2D eigenvalue weighted by Crippen LogP contribution is 2.38. The van der Waals surface area contributed by atoms with E-state index < -0.39 is 10.0 Å². The minimum absolute atomic E-state index is 0.224. The van der Waals surface area contributed by atoms with E-state index in [9.17, 15) is 8.42 Å². The van der Waals surface area contributed by atoms with Crippen LogP contribution in [0.3, 0.4) is 0 Å². The van der Waals surface area contributed by atoms with Gasteiger partial charge in [0.05, 0.1) is 13.0 Å². The van der Waals surface area contributed by atoms with Crippen LogP contribution in [-0.2, 0) is 16.6 Å². The number of benzene rings is 1. The van der Waals surface area contributed by atoms with Gasteiger partial charge in [0, 0.05) is 12.1 Å². The van der Waals surface area contributed by atoms with Gasteiger partial charge >= 0.3 is 5.82 Å². The van der Waals surface area contributed by atoms with E-state index in [0.717, 1.165) is 28.5 Å². The fourth-order valence-electron chi connectivity index (χ4n) is 2.43. The van der Waals surface area contributed by atoms with Gasteiger partial charge in [-0.3, -0.25) is 0 Å². The molecule has 0 radical (unpaired) electrons. The van der Waals surface area contributed by atoms with Crippen molar-refractivity contribution in [2.24, 2.45) is 0 Å². The van der Waals surface area contributed by atoms with Crippen LogP contribution in [0.15, 0.2) is 36.8 Å². The van der Waals surface area contributed by atoms with Crippen molar-refractivity contribution in [3.05, 3.63) is 53.5 Å². The molecule has 1 aromatic heterocycles. The Kier molecular flexibility index (Phi) is 3.70. The maximum absolute atomic E-state index is 11.2. The minimum Gasteiger partial charge on any atom is -0.383 e. The molecule has 0 bridgehead atoms. The Morgan fingerprint density at radius 3 is 2.87 bits per heavy atom. The molecular formula is C15H16N5O2S+. The maximum Gasteiger partial charge on any atom is 0.340 e. The molecule has 0 spiro atoms. The fourth-order valence-corrected chi connectivity index (χ4v) is 2.86. The van der Waals surface area contributed by atoms with E-state index >= 15 is 0 Å². The van der Waals surface area contributed by atoms with Gasteiger partial charge in [-0.2, -0.15) is 4.98 Å². The summed E-state index contributed by atoms with van der Waals surface area (Å²) in [6, 6.07) is 7.54. The molecule has 2 heterocycles. The molecule has 3 rings (SSSR count). The quantitative estimate of drug-likeness (QED) is 0.810. The van der Waals surface area contributed by atoms with Crippen LogP contribution in [0.1, 0.15) is 16.7 Å². The van der Waals surface area contributed by atoms with Gasteiger partial charge in [-0.05, 0) is 22.2 Å². The van der Waals surface area contributed by atoms with E-state index in [1.807, 2.05) is 30.5 Å². The number of anilines is 1. The summed E-state index contributed by atoms with van der Waals surface area (Å²) in [4.78, 5) is 8.23. The molecule has 7 nitrogen and oxygen atoms in total. The Morgan fingerprint density at radius 1 is 1.35 bits per heavy atom. The number of hydrogen-bond acceptors (Lipinski definition) is 5. The largest absolute Gasteiger partial charge is 0.383 e. The Balaban J connectivity index is 1.98. The first kappa shape index (κ1) is 15.3. The van der Waals surface area contributed by atoms with Crippen molar-refractivity contribution in [1.82, 2.24) is 14.7 Å². The van der Waals surface area contributed by atoms with Crippen LogP contribution in [0.25, 0.3) is 5.57 Å². The average molecular weight is 330 g/mol. The SMILES string of the molecule is C=[N+]1C=C(c2cccc(CNS(C)(=O)=O)c2)c2c(N)ncnc21. The Hall–Kier alpha value is -2.58. The Morgan fingerprint density at radius 2 is 2.13 bits per heavy atom. The molecule has 0 saturated carbocycles. The highest BCUT2D eigenvalue weighted by molar-refractivity contribution is 7.88. The molecule has 0 aliphatic carbocycles. The standard InChI is InChI=1S/C15H16N5O2S/c1-20-8-12(13-14(16)17-9-18-15(13)20)11-5-3-4-10(6-11)7-19-23(2,21)22/h3-6,8-9,19H,1,7H2,2H3,(H2,16,17,18)/q+1. The van der Waals surface area contributed by atoms with E-state index in [-0.39, 0.29) is 6.54 Å². The van der Waals surface area contributed by atoms with Crippen molar-refractivity contribution in [1.29, 1.82) is 0 Å². The molecule has 23 heavy (non-hydrogen) atoms. The van der Waals surface area contributed by atoms with Crippen molar-refractivity contribution in [2.75, 3.05) is 12.0 Å². The number of aromatic nitrogens is 2. The molecular weight excluding hydrogens is 314 g/mol. The second-order valence-corrected chi connectivity index (χ2v) is 7.10. The number of nitrogen functional groups attached to an aromatic ring is 1. The Bertz CT molecular complexity index is 935. The number of nitrogens with one attached hydrogen (secondary N) is 1. The van der Waals surface area contributed by atoms with Crippen LogP contribution in [0.5, 0.6) is 0 Å². The molecule has 0 unspecified atom stereocenters. The molecule has 1 aliphatic rings. The second-order valence-electron chi connectivity index (χ2n) is 5.26. The number of rotatable bonds is 4. The van der Waals surface area contributed by atoms with Crippen molar-refractivity contribution in [2.45, 2.75) is 6.54 Å². The zero-order valence-corrected chi connectivity index (χ0v) is 13.3. The summed E-state index contributed by atoms with van der Waals surface area (Å²) in [5.41, 5.74) is 9.30. The van der Waals surface area contributed by atoms with Gasteiger partial charge in [0.2, 0.25) is 16.4 Å². The molecule has 2 aromatic rings. The monoisotopic (exact) mass is 330 g/mol. The molecule has 1 aromatic carbocycles. The second kappa shape index (κ2) is 5.56. The number of fused-ring (bicyclic) bond motifs is 1. The lowest BCUT2D eigenvalue weighted by Crippen LogP contribution is -2.21. The van der Waals surface area contributed by atoms with Crippen LogP contribution in [0.2, 0.25) is 0 Å². The topological polar surface area (TPSA) is 101 Å². The fraction of sp³-hybridized carbons (Fsp3) is 0.133. The van der Waals surface area contributed by atoms with Crippen LogP contribution in [-0.4, -0.2) is 35.9 Å². The van der Waals surface area contributed by atoms with E-state index in [2.05, 4.69) is 21.4 Å². The van der Waals surface area contributed by atoms with Gasteiger partial charge in [0.1, 0.15) is 17.6 Å². The molecule has 0 atom stereocenters. The maximum atomic E-state index is 11.2. The Labute approximate surface area is 134 Å². The van der Waals surface area contributed by atoms with E-state index in [4.69, 9.17) is 5.73 Å². The highest BCUT2D eigenvalue weighted by Gasteiger charge is 2.29.